The second-order valence-corrected chi connectivity index (χ2v) is 8.99. The van der Waals surface area contributed by atoms with Crippen LogP contribution < -0.4 is 15.5 Å². The number of halogens is 2. The summed E-state index contributed by atoms with van der Waals surface area (Å²) < 4.78 is 6.92. The van der Waals surface area contributed by atoms with Crippen LogP contribution in [0, 0.1) is 0 Å². The summed E-state index contributed by atoms with van der Waals surface area (Å²) in [5.74, 6) is -0.150. The molecule has 2 amide bonds. The minimum atomic E-state index is -0.423. The number of carbonyl (C=O) groups is 2. The molecule has 0 aliphatic heterocycles. The van der Waals surface area contributed by atoms with Crippen molar-refractivity contribution in [2.24, 2.45) is 5.10 Å². The number of hydrogen-bond donors (Lipinski definition) is 2. The Kier molecular flexibility index (Phi) is 8.49. The monoisotopic (exact) mass is 561 g/mol. The molecule has 0 atom stereocenters. The van der Waals surface area contributed by atoms with Gasteiger partial charge in [0.2, 0.25) is 0 Å². The molecule has 2 N–H and O–H groups in total. The van der Waals surface area contributed by atoms with E-state index in [-0.39, 0.29) is 5.91 Å². The quantitative estimate of drug-likeness (QED) is 0.185. The molecule has 0 heterocycles. The summed E-state index contributed by atoms with van der Waals surface area (Å²) in [6.07, 6.45) is 1.52. The summed E-state index contributed by atoms with van der Waals surface area (Å²) in [4.78, 5) is 25.1. The van der Waals surface area contributed by atoms with Gasteiger partial charge in [0.15, 0.2) is 0 Å². The van der Waals surface area contributed by atoms with E-state index >= 15 is 0 Å². The van der Waals surface area contributed by atoms with E-state index in [9.17, 15) is 9.59 Å². The van der Waals surface area contributed by atoms with Gasteiger partial charge in [0.1, 0.15) is 12.4 Å². The van der Waals surface area contributed by atoms with Crippen molar-refractivity contribution in [2.75, 3.05) is 5.32 Å². The van der Waals surface area contributed by atoms with Crippen LogP contribution in [0.25, 0.3) is 0 Å². The molecule has 4 aromatic carbocycles. The number of ether oxygens (including phenoxy) is 1. The van der Waals surface area contributed by atoms with Crippen LogP contribution >= 0.6 is 27.5 Å². The first-order valence-electron chi connectivity index (χ1n) is 11.0. The van der Waals surface area contributed by atoms with Gasteiger partial charge in [-0.2, -0.15) is 5.10 Å². The van der Waals surface area contributed by atoms with Gasteiger partial charge in [0.25, 0.3) is 11.8 Å². The van der Waals surface area contributed by atoms with Crippen molar-refractivity contribution >= 4 is 51.2 Å². The highest BCUT2D eigenvalue weighted by molar-refractivity contribution is 9.10. The fourth-order valence-corrected chi connectivity index (χ4v) is 3.98. The minimum Gasteiger partial charge on any atom is -0.488 e. The number of amides is 2. The number of para-hydroxylation sites is 1. The molecule has 0 aromatic heterocycles. The lowest BCUT2D eigenvalue weighted by atomic mass is 10.1. The molecule has 0 saturated carbocycles. The minimum absolute atomic E-state index is 0.336. The summed E-state index contributed by atoms with van der Waals surface area (Å²) in [6, 6.07) is 28.6. The molecule has 0 saturated heterocycles. The SMILES string of the molecule is O=C(NN=Cc1ccccc1OCc1cccc(Br)c1)c1cccc(NC(=O)c2ccccc2Cl)c1. The van der Waals surface area contributed by atoms with E-state index in [0.717, 1.165) is 10.0 Å². The van der Waals surface area contributed by atoms with Crippen molar-refractivity contribution in [3.05, 3.63) is 129 Å². The summed E-state index contributed by atoms with van der Waals surface area (Å²) in [6.45, 7) is 0.392. The van der Waals surface area contributed by atoms with Crippen molar-refractivity contribution in [1.29, 1.82) is 0 Å². The average Bonchev–Trinajstić information content (AvgIpc) is 2.88. The molecule has 8 heteroatoms. The molecule has 4 rings (SSSR count). The zero-order chi connectivity index (χ0) is 25.3. The van der Waals surface area contributed by atoms with Crippen LogP contribution in [0.1, 0.15) is 31.8 Å². The molecule has 6 nitrogen and oxygen atoms in total. The van der Waals surface area contributed by atoms with Crippen molar-refractivity contribution in [3.8, 4) is 5.75 Å². The second-order valence-electron chi connectivity index (χ2n) is 7.67. The predicted octanol–water partition coefficient (Wildman–Crippen LogP) is 6.70. The van der Waals surface area contributed by atoms with Crippen LogP contribution in [0.2, 0.25) is 5.02 Å². The van der Waals surface area contributed by atoms with E-state index in [1.807, 2.05) is 48.5 Å². The molecular formula is C28H21BrClN3O3. The topological polar surface area (TPSA) is 79.8 Å². The Morgan fingerprint density at radius 2 is 1.67 bits per heavy atom. The maximum atomic E-state index is 12.6. The number of hydrazone groups is 1. The molecule has 0 aliphatic carbocycles. The number of hydrogen-bond acceptors (Lipinski definition) is 4. The van der Waals surface area contributed by atoms with E-state index in [4.69, 9.17) is 16.3 Å². The zero-order valence-corrected chi connectivity index (χ0v) is 21.3. The Morgan fingerprint density at radius 1 is 0.889 bits per heavy atom. The van der Waals surface area contributed by atoms with Gasteiger partial charge in [0, 0.05) is 21.3 Å². The van der Waals surface area contributed by atoms with Crippen LogP contribution in [-0.2, 0) is 6.61 Å². The van der Waals surface area contributed by atoms with Gasteiger partial charge in [-0.15, -0.1) is 0 Å². The van der Waals surface area contributed by atoms with E-state index in [0.29, 0.717) is 39.8 Å². The van der Waals surface area contributed by atoms with Crippen molar-refractivity contribution in [1.82, 2.24) is 5.43 Å². The molecule has 4 aromatic rings. The highest BCUT2D eigenvalue weighted by Gasteiger charge is 2.11. The maximum Gasteiger partial charge on any atom is 0.271 e. The van der Waals surface area contributed by atoms with Gasteiger partial charge >= 0.3 is 0 Å². The molecule has 0 bridgehead atoms. The third-order valence-corrected chi connectivity index (χ3v) is 5.90. The lowest BCUT2D eigenvalue weighted by Gasteiger charge is -2.09. The Balaban J connectivity index is 1.38. The normalized spacial score (nSPS) is 10.7. The molecule has 0 aliphatic rings. The van der Waals surface area contributed by atoms with Gasteiger partial charge in [-0.25, -0.2) is 5.43 Å². The molecular weight excluding hydrogens is 542 g/mol. The number of benzene rings is 4. The standard InChI is InChI=1S/C28H21BrClN3O3/c29-22-10-5-7-19(15-22)18-36-26-14-4-1-8-21(26)17-31-33-27(34)20-9-6-11-23(16-20)32-28(35)24-12-2-3-13-25(24)30/h1-17H,18H2,(H,32,35)(H,33,34). The van der Waals surface area contributed by atoms with Crippen molar-refractivity contribution in [2.45, 2.75) is 6.61 Å². The lowest BCUT2D eigenvalue weighted by molar-refractivity contribution is 0.0953. The lowest BCUT2D eigenvalue weighted by Crippen LogP contribution is -2.18. The van der Waals surface area contributed by atoms with Gasteiger partial charge in [-0.05, 0) is 60.2 Å². The fourth-order valence-electron chi connectivity index (χ4n) is 3.31. The summed E-state index contributed by atoms with van der Waals surface area (Å²) in [5, 5.41) is 7.18. The zero-order valence-electron chi connectivity index (χ0n) is 18.9. The summed E-state index contributed by atoms with van der Waals surface area (Å²) in [5.41, 5.74) is 5.39. The van der Waals surface area contributed by atoms with Crippen LogP contribution in [0.5, 0.6) is 5.75 Å². The largest absolute Gasteiger partial charge is 0.488 e. The van der Waals surface area contributed by atoms with Crippen LogP contribution in [-0.4, -0.2) is 18.0 Å². The number of nitrogens with one attached hydrogen (secondary N) is 2. The molecule has 0 spiro atoms. The van der Waals surface area contributed by atoms with E-state index in [1.165, 1.54) is 6.21 Å². The second kappa shape index (κ2) is 12.2. The predicted molar refractivity (Wildman–Crippen MR) is 146 cm³/mol. The number of carbonyl (C=O) groups excluding carboxylic acids is 2. The Labute approximate surface area is 222 Å². The van der Waals surface area contributed by atoms with E-state index < -0.39 is 5.91 Å². The number of nitrogens with zero attached hydrogens (tertiary/aromatic N) is 1. The van der Waals surface area contributed by atoms with Gasteiger partial charge in [-0.3, -0.25) is 9.59 Å². The smallest absolute Gasteiger partial charge is 0.271 e. The fraction of sp³-hybridized carbons (Fsp3) is 0.0357. The first kappa shape index (κ1) is 25.2. The first-order valence-corrected chi connectivity index (χ1v) is 12.1. The van der Waals surface area contributed by atoms with Gasteiger partial charge in [-0.1, -0.05) is 70.0 Å². The molecule has 36 heavy (non-hydrogen) atoms. The highest BCUT2D eigenvalue weighted by atomic mass is 79.9. The van der Waals surface area contributed by atoms with Gasteiger partial charge in [0.05, 0.1) is 16.8 Å². The number of anilines is 1. The third-order valence-electron chi connectivity index (χ3n) is 5.07. The van der Waals surface area contributed by atoms with Crippen molar-refractivity contribution in [3.63, 3.8) is 0 Å². The van der Waals surface area contributed by atoms with E-state index in [1.54, 1.807) is 48.5 Å². The summed E-state index contributed by atoms with van der Waals surface area (Å²) >= 11 is 9.55. The van der Waals surface area contributed by atoms with E-state index in [2.05, 4.69) is 31.8 Å². The summed E-state index contributed by atoms with van der Waals surface area (Å²) in [7, 11) is 0. The molecule has 180 valence electrons. The highest BCUT2D eigenvalue weighted by Crippen LogP contribution is 2.20. The first-order chi connectivity index (χ1) is 17.5. The Bertz CT molecular complexity index is 1420. The third kappa shape index (κ3) is 6.81. The van der Waals surface area contributed by atoms with Gasteiger partial charge < -0.3 is 10.1 Å². The van der Waals surface area contributed by atoms with Crippen LogP contribution in [0.3, 0.4) is 0 Å². The van der Waals surface area contributed by atoms with Crippen LogP contribution in [0.15, 0.2) is 107 Å². The molecule has 0 radical (unpaired) electrons. The average molecular weight is 563 g/mol. The number of rotatable bonds is 8. The Morgan fingerprint density at radius 3 is 2.50 bits per heavy atom. The molecule has 0 fully saturated rings. The maximum absolute atomic E-state index is 12.6. The molecule has 0 unspecified atom stereocenters. The van der Waals surface area contributed by atoms with Crippen molar-refractivity contribution < 1.29 is 14.3 Å². The van der Waals surface area contributed by atoms with Crippen LogP contribution in [0.4, 0.5) is 5.69 Å². The Hall–Kier alpha value is -3.94.